The van der Waals surface area contributed by atoms with E-state index in [2.05, 4.69) is 9.72 Å². The molecule has 0 spiro atoms. The molecule has 120 valence electrons. The molecule has 0 amide bonds. The summed E-state index contributed by atoms with van der Waals surface area (Å²) in [5.74, 6) is -1.69. The first kappa shape index (κ1) is 17.8. The van der Waals surface area contributed by atoms with Gasteiger partial charge in [0.1, 0.15) is 10.5 Å². The first-order chi connectivity index (χ1) is 9.27. The molecule has 0 fully saturated rings. The second-order valence-corrected chi connectivity index (χ2v) is 5.96. The number of ether oxygens (including phenoxy) is 1. The topological polar surface area (TPSA) is 82.3 Å². The normalized spacial score (nSPS) is 13.3. The highest BCUT2D eigenvalue weighted by molar-refractivity contribution is 8.13. The van der Waals surface area contributed by atoms with Crippen LogP contribution in [0.2, 0.25) is 0 Å². The lowest BCUT2D eigenvalue weighted by Crippen LogP contribution is -2.23. The molecule has 21 heavy (non-hydrogen) atoms. The quantitative estimate of drug-likeness (QED) is 0.662. The lowest BCUT2D eigenvalue weighted by molar-refractivity contribution is -0.276. The number of aromatic nitrogens is 1. The lowest BCUT2D eigenvalue weighted by atomic mass is 10.1. The molecule has 1 rings (SSSR count). The van der Waals surface area contributed by atoms with Crippen LogP contribution in [0, 0.1) is 0 Å². The minimum absolute atomic E-state index is 0.153. The highest BCUT2D eigenvalue weighted by Gasteiger charge is 2.44. The van der Waals surface area contributed by atoms with Gasteiger partial charge in [-0.3, -0.25) is 4.98 Å². The van der Waals surface area contributed by atoms with Crippen molar-refractivity contribution in [1.29, 1.82) is 0 Å². The summed E-state index contributed by atoms with van der Waals surface area (Å²) in [6, 6.07) is 0. The summed E-state index contributed by atoms with van der Waals surface area (Å²) in [4.78, 5) is 1.14. The van der Waals surface area contributed by atoms with E-state index in [-0.39, 0.29) is 6.20 Å². The number of nitrogens with zero attached hydrogens (tertiary/aromatic N) is 1. The van der Waals surface area contributed by atoms with Crippen LogP contribution < -0.4 is 10.5 Å². The summed E-state index contributed by atoms with van der Waals surface area (Å²) in [6.07, 6.45) is -10.6. The van der Waals surface area contributed by atoms with Gasteiger partial charge in [-0.1, -0.05) is 0 Å². The highest BCUT2D eigenvalue weighted by atomic mass is 35.7. The number of halogens is 7. The zero-order valence-electron chi connectivity index (χ0n) is 9.59. The Morgan fingerprint density at radius 2 is 1.76 bits per heavy atom. The third-order valence-electron chi connectivity index (χ3n) is 2.02. The van der Waals surface area contributed by atoms with E-state index in [9.17, 15) is 34.8 Å². The zero-order chi connectivity index (χ0) is 16.6. The minimum atomic E-state index is -5.44. The average molecular weight is 359 g/mol. The maximum Gasteiger partial charge on any atom is 0.573 e. The first-order valence-electron chi connectivity index (χ1n) is 4.77. The predicted octanol–water partition coefficient (Wildman–Crippen LogP) is 2.39. The molecule has 1 aromatic rings. The fraction of sp³-hybridized carbons (Fsp3) is 0.375. The minimum Gasteiger partial charge on any atom is -0.403 e. The molecular weight excluding hydrogens is 354 g/mol. The van der Waals surface area contributed by atoms with Crippen molar-refractivity contribution in [2.24, 2.45) is 5.73 Å². The van der Waals surface area contributed by atoms with Crippen molar-refractivity contribution in [3.8, 4) is 5.75 Å². The average Bonchev–Trinajstić information content (AvgIpc) is 2.23. The Hall–Kier alpha value is -1.27. The fourth-order valence-corrected chi connectivity index (χ4v) is 2.67. The first-order valence-corrected chi connectivity index (χ1v) is 7.08. The van der Waals surface area contributed by atoms with Crippen LogP contribution in [-0.4, -0.2) is 19.8 Å². The van der Waals surface area contributed by atoms with E-state index in [1.165, 1.54) is 0 Å². The van der Waals surface area contributed by atoms with Gasteiger partial charge in [-0.15, -0.1) is 13.2 Å². The fourth-order valence-electron chi connectivity index (χ4n) is 1.40. The van der Waals surface area contributed by atoms with Crippen LogP contribution >= 0.6 is 10.7 Å². The molecule has 2 N–H and O–H groups in total. The number of hydrogen-bond acceptors (Lipinski definition) is 5. The molecule has 0 saturated heterocycles. The van der Waals surface area contributed by atoms with Crippen LogP contribution in [-0.2, 0) is 21.8 Å². The van der Waals surface area contributed by atoms with Crippen LogP contribution in [0.25, 0.3) is 0 Å². The van der Waals surface area contributed by atoms with Crippen LogP contribution in [0.3, 0.4) is 0 Å². The van der Waals surface area contributed by atoms with Crippen molar-refractivity contribution in [3.63, 3.8) is 0 Å². The van der Waals surface area contributed by atoms with E-state index >= 15 is 0 Å². The molecular formula is C8H5ClF6N2O3S. The van der Waals surface area contributed by atoms with Crippen LogP contribution in [0.5, 0.6) is 5.75 Å². The standard InChI is InChI=1S/C8H5ClF6N2O3S/c9-21(18,19)6-4(20-8(13,14)15)2-17-3(1-16)5(6)7(10,11)12/h2H,1,16H2. The Morgan fingerprint density at radius 1 is 1.24 bits per heavy atom. The van der Waals surface area contributed by atoms with E-state index in [0.29, 0.717) is 0 Å². The molecule has 0 aliphatic heterocycles. The van der Waals surface area contributed by atoms with E-state index < -0.39 is 50.0 Å². The van der Waals surface area contributed by atoms with E-state index in [1.807, 2.05) is 0 Å². The monoisotopic (exact) mass is 358 g/mol. The molecule has 0 aliphatic carbocycles. The maximum absolute atomic E-state index is 12.9. The zero-order valence-corrected chi connectivity index (χ0v) is 11.2. The van der Waals surface area contributed by atoms with Gasteiger partial charge in [0.2, 0.25) is 0 Å². The second-order valence-electron chi connectivity index (χ2n) is 3.46. The van der Waals surface area contributed by atoms with Gasteiger partial charge in [0.25, 0.3) is 9.05 Å². The molecule has 0 unspecified atom stereocenters. The molecule has 0 saturated carbocycles. The van der Waals surface area contributed by atoms with Gasteiger partial charge in [0, 0.05) is 17.2 Å². The lowest BCUT2D eigenvalue weighted by Gasteiger charge is -2.18. The Balaban J connectivity index is 3.78. The van der Waals surface area contributed by atoms with Crippen LogP contribution in [0.1, 0.15) is 11.3 Å². The summed E-state index contributed by atoms with van der Waals surface area (Å²) in [5.41, 5.74) is 1.99. The van der Waals surface area contributed by atoms with Gasteiger partial charge in [0.15, 0.2) is 5.75 Å². The molecule has 1 heterocycles. The Bertz CT molecular complexity index is 643. The highest BCUT2D eigenvalue weighted by Crippen LogP contribution is 2.42. The van der Waals surface area contributed by atoms with Crippen molar-refractivity contribution in [3.05, 3.63) is 17.5 Å². The maximum atomic E-state index is 12.9. The van der Waals surface area contributed by atoms with Crippen molar-refractivity contribution in [2.75, 3.05) is 0 Å². The number of alkyl halides is 6. The van der Waals surface area contributed by atoms with Crippen LogP contribution in [0.4, 0.5) is 26.3 Å². The summed E-state index contributed by atoms with van der Waals surface area (Å²) in [5, 5.41) is 0. The number of pyridine rings is 1. The number of nitrogens with two attached hydrogens (primary N) is 1. The number of hydrogen-bond donors (Lipinski definition) is 1. The summed E-state index contributed by atoms with van der Waals surface area (Å²) in [6.45, 7) is -0.874. The van der Waals surface area contributed by atoms with Crippen molar-refractivity contribution in [1.82, 2.24) is 4.98 Å². The smallest absolute Gasteiger partial charge is 0.403 e. The van der Waals surface area contributed by atoms with E-state index in [0.717, 1.165) is 0 Å². The van der Waals surface area contributed by atoms with Gasteiger partial charge >= 0.3 is 12.5 Å². The molecule has 0 aliphatic rings. The molecule has 0 aromatic carbocycles. The number of rotatable bonds is 3. The third-order valence-corrected chi connectivity index (χ3v) is 3.38. The molecule has 5 nitrogen and oxygen atoms in total. The van der Waals surface area contributed by atoms with Crippen molar-refractivity contribution >= 4 is 19.7 Å². The predicted molar refractivity (Wildman–Crippen MR) is 56.9 cm³/mol. The second kappa shape index (κ2) is 5.50. The Morgan fingerprint density at radius 3 is 2.10 bits per heavy atom. The van der Waals surface area contributed by atoms with E-state index in [1.54, 1.807) is 0 Å². The van der Waals surface area contributed by atoms with Crippen molar-refractivity contribution in [2.45, 2.75) is 24.0 Å². The van der Waals surface area contributed by atoms with Gasteiger partial charge in [-0.05, 0) is 0 Å². The van der Waals surface area contributed by atoms with E-state index in [4.69, 9.17) is 16.4 Å². The van der Waals surface area contributed by atoms with Gasteiger partial charge in [-0.25, -0.2) is 8.42 Å². The van der Waals surface area contributed by atoms with Gasteiger partial charge in [-0.2, -0.15) is 13.2 Å². The molecule has 0 atom stereocenters. The largest absolute Gasteiger partial charge is 0.573 e. The molecule has 0 bridgehead atoms. The molecule has 1 aromatic heterocycles. The van der Waals surface area contributed by atoms with Gasteiger partial charge < -0.3 is 10.5 Å². The van der Waals surface area contributed by atoms with Crippen LogP contribution in [0.15, 0.2) is 11.1 Å². The molecule has 13 heteroatoms. The summed E-state index contributed by atoms with van der Waals surface area (Å²) < 4.78 is 101. The Labute approximate surface area is 118 Å². The summed E-state index contributed by atoms with van der Waals surface area (Å²) in [7, 11) is -0.432. The Kier molecular flexibility index (Phi) is 4.65. The summed E-state index contributed by atoms with van der Waals surface area (Å²) >= 11 is 0. The van der Waals surface area contributed by atoms with Crippen molar-refractivity contribution < 1.29 is 39.5 Å². The van der Waals surface area contributed by atoms with Gasteiger partial charge in [0.05, 0.1) is 11.9 Å². The SMILES string of the molecule is NCc1ncc(OC(F)(F)F)c(S(=O)(=O)Cl)c1C(F)(F)F. The molecule has 0 radical (unpaired) electrons. The third kappa shape index (κ3) is 4.35.